The summed E-state index contributed by atoms with van der Waals surface area (Å²) in [7, 11) is 0. The van der Waals surface area contributed by atoms with Crippen molar-refractivity contribution in [3.05, 3.63) is 85.1 Å². The fourth-order valence-electron chi connectivity index (χ4n) is 11.7. The summed E-state index contributed by atoms with van der Waals surface area (Å²) in [6.07, 6.45) is 79.0. The molecule has 1 rings (SSSR count). The molecule has 528 valence electrons. The summed E-state index contributed by atoms with van der Waals surface area (Å²) in [6.45, 7) is 5.78. The number of hydrogen-bond donors (Lipinski definition) is 6. The van der Waals surface area contributed by atoms with E-state index in [-0.39, 0.29) is 19.4 Å². The van der Waals surface area contributed by atoms with Crippen LogP contribution < -0.4 is 5.32 Å². The van der Waals surface area contributed by atoms with Gasteiger partial charge < -0.3 is 45.1 Å². The van der Waals surface area contributed by atoms with Gasteiger partial charge in [0.15, 0.2) is 12.4 Å². The number of allylic oxidation sites excluding steroid dienone is 13. The van der Waals surface area contributed by atoms with Gasteiger partial charge in [-0.05, 0) is 103 Å². The molecule has 11 nitrogen and oxygen atoms in total. The fourth-order valence-corrected chi connectivity index (χ4v) is 11.7. The number of ether oxygens (including phenoxy) is 3. The molecule has 8 atom stereocenters. The first-order valence-electron chi connectivity index (χ1n) is 38.4. The molecule has 0 aliphatic carbocycles. The summed E-state index contributed by atoms with van der Waals surface area (Å²) < 4.78 is 17.7. The predicted molar refractivity (Wildman–Crippen MR) is 384 cm³/mol. The standard InChI is InChI=1S/C80H143NO10/c1-4-7-10-13-16-19-22-25-27-29-31-33-35-37-39-41-43-45-47-50-53-56-59-62-65-68-75(85)91-78-77(87)76(86)74(69-82)90-80(78)89-70-71(72(83)66-63-60-57-54-51-48-24-21-18-15-12-9-6-3)81-79(88)73(84)67-64-61-58-55-52-49-46-44-42-40-38-36-34-32-30-28-26-23-20-17-14-11-8-5-2/h16-17,19-20,25-28,31-34,63,66,71-74,76-78,80,82-84,86-87H,4-15,18,21-24,29-30,35-62,64-65,67-70H2,1-3H3,(H,81,88)/b19-16-,20-17-,27-25-,28-26-,33-31-,34-32-,66-63+. The van der Waals surface area contributed by atoms with E-state index in [0.29, 0.717) is 12.8 Å². The van der Waals surface area contributed by atoms with Gasteiger partial charge in [0.25, 0.3) is 0 Å². The second-order valence-electron chi connectivity index (χ2n) is 26.4. The van der Waals surface area contributed by atoms with Gasteiger partial charge in [-0.15, -0.1) is 0 Å². The van der Waals surface area contributed by atoms with Crippen LogP contribution in [0, 0.1) is 0 Å². The first-order chi connectivity index (χ1) is 44.7. The minimum absolute atomic E-state index is 0.119. The smallest absolute Gasteiger partial charge is 0.306 e. The molecule has 91 heavy (non-hydrogen) atoms. The zero-order chi connectivity index (χ0) is 66.0. The first kappa shape index (κ1) is 85.9. The number of esters is 1. The number of rotatable bonds is 66. The molecule has 1 saturated heterocycles. The SMILES string of the molecule is CCCCC/C=C\C/C=C\C/C=C\CCCCCCCCCCCCCCC(=O)OC1C(OCC(NC(=O)C(O)CCCCCCCCCCCCC/C=C\C/C=C\C/C=C\CCCCC)C(O)/C=C/CCCCCCCCCCCCC)OC(CO)C(O)C1O. The van der Waals surface area contributed by atoms with E-state index in [0.717, 1.165) is 89.9 Å². The average Bonchev–Trinajstić information content (AvgIpc) is 1.09. The Morgan fingerprint density at radius 3 is 1.15 bits per heavy atom. The number of amides is 1. The lowest BCUT2D eigenvalue weighted by Crippen LogP contribution is -2.61. The Balaban J connectivity index is 2.55. The van der Waals surface area contributed by atoms with E-state index in [1.807, 2.05) is 6.08 Å². The molecule has 1 aliphatic heterocycles. The van der Waals surface area contributed by atoms with Gasteiger partial charge >= 0.3 is 5.97 Å². The quantitative estimate of drug-likeness (QED) is 0.0195. The van der Waals surface area contributed by atoms with E-state index >= 15 is 0 Å². The summed E-state index contributed by atoms with van der Waals surface area (Å²) >= 11 is 0. The van der Waals surface area contributed by atoms with Crippen LogP contribution in [0.5, 0.6) is 0 Å². The molecule has 1 aliphatic rings. The molecule has 0 aromatic carbocycles. The van der Waals surface area contributed by atoms with Gasteiger partial charge in [0.2, 0.25) is 5.91 Å². The molecule has 0 saturated carbocycles. The molecule has 0 aromatic heterocycles. The number of unbranched alkanes of at least 4 members (excludes halogenated alkanes) is 40. The first-order valence-corrected chi connectivity index (χ1v) is 38.4. The molecular formula is C80H143NO10. The Labute approximate surface area is 559 Å². The van der Waals surface area contributed by atoms with Crippen molar-refractivity contribution in [2.24, 2.45) is 0 Å². The lowest BCUT2D eigenvalue weighted by molar-refractivity contribution is -0.305. The fraction of sp³-hybridized carbons (Fsp3) is 0.800. The third-order valence-corrected chi connectivity index (χ3v) is 17.8. The van der Waals surface area contributed by atoms with Crippen LogP contribution in [0.2, 0.25) is 0 Å². The molecule has 1 heterocycles. The van der Waals surface area contributed by atoms with Crippen molar-refractivity contribution < 1.29 is 49.3 Å². The van der Waals surface area contributed by atoms with Gasteiger partial charge in [0.1, 0.15) is 24.4 Å². The van der Waals surface area contributed by atoms with Crippen LogP contribution in [0.25, 0.3) is 0 Å². The highest BCUT2D eigenvalue weighted by atomic mass is 16.7. The summed E-state index contributed by atoms with van der Waals surface area (Å²) in [6, 6.07) is -1.03. The van der Waals surface area contributed by atoms with Crippen molar-refractivity contribution in [3.63, 3.8) is 0 Å². The van der Waals surface area contributed by atoms with Crippen molar-refractivity contribution in [2.75, 3.05) is 13.2 Å². The molecule has 8 unspecified atom stereocenters. The van der Waals surface area contributed by atoms with E-state index in [4.69, 9.17) is 14.2 Å². The van der Waals surface area contributed by atoms with Gasteiger partial charge in [-0.25, -0.2) is 0 Å². The van der Waals surface area contributed by atoms with Crippen molar-refractivity contribution in [2.45, 2.75) is 397 Å². The normalized spacial score (nSPS) is 18.4. The van der Waals surface area contributed by atoms with Crippen LogP contribution >= 0.6 is 0 Å². The van der Waals surface area contributed by atoms with Gasteiger partial charge in [-0.3, -0.25) is 9.59 Å². The Morgan fingerprint density at radius 1 is 0.429 bits per heavy atom. The molecule has 1 amide bonds. The molecule has 11 heteroatoms. The lowest BCUT2D eigenvalue weighted by atomic mass is 9.99. The monoisotopic (exact) mass is 1280 g/mol. The number of hydrogen-bond acceptors (Lipinski definition) is 10. The van der Waals surface area contributed by atoms with E-state index in [2.05, 4.69) is 99.0 Å². The van der Waals surface area contributed by atoms with E-state index < -0.39 is 67.4 Å². The Morgan fingerprint density at radius 2 is 0.758 bits per heavy atom. The maximum Gasteiger partial charge on any atom is 0.306 e. The van der Waals surface area contributed by atoms with Crippen LogP contribution in [-0.4, -0.2) is 99.6 Å². The maximum atomic E-state index is 13.5. The molecule has 0 aromatic rings. The Bertz CT molecular complexity index is 1810. The average molecular weight is 1280 g/mol. The summed E-state index contributed by atoms with van der Waals surface area (Å²) in [5, 5.41) is 57.4. The van der Waals surface area contributed by atoms with Crippen LogP contribution in [0.3, 0.4) is 0 Å². The highest BCUT2D eigenvalue weighted by molar-refractivity contribution is 5.80. The molecule has 1 fully saturated rings. The second-order valence-corrected chi connectivity index (χ2v) is 26.4. The third kappa shape index (κ3) is 53.7. The second kappa shape index (κ2) is 66.8. The lowest BCUT2D eigenvalue weighted by Gasteiger charge is -2.41. The van der Waals surface area contributed by atoms with Crippen molar-refractivity contribution in [1.82, 2.24) is 5.32 Å². The van der Waals surface area contributed by atoms with E-state index in [1.165, 1.54) is 212 Å². The van der Waals surface area contributed by atoms with Crippen molar-refractivity contribution in [1.29, 1.82) is 0 Å². The highest BCUT2D eigenvalue weighted by Gasteiger charge is 2.47. The number of carbonyl (C=O) groups excluding carboxylic acids is 2. The molecule has 0 bridgehead atoms. The van der Waals surface area contributed by atoms with E-state index in [9.17, 15) is 35.1 Å². The maximum absolute atomic E-state index is 13.5. The van der Waals surface area contributed by atoms with Crippen molar-refractivity contribution >= 4 is 11.9 Å². The van der Waals surface area contributed by atoms with Gasteiger partial charge in [0.05, 0.1) is 25.4 Å². The Kier molecular flexibility index (Phi) is 63.1. The minimum atomic E-state index is -1.62. The van der Waals surface area contributed by atoms with Crippen LogP contribution in [0.4, 0.5) is 0 Å². The van der Waals surface area contributed by atoms with Gasteiger partial charge in [-0.1, -0.05) is 324 Å². The summed E-state index contributed by atoms with van der Waals surface area (Å²) in [5.41, 5.74) is 0. The topological polar surface area (TPSA) is 175 Å². The molecule has 0 spiro atoms. The summed E-state index contributed by atoms with van der Waals surface area (Å²) in [5.74, 6) is -1.19. The predicted octanol–water partition coefficient (Wildman–Crippen LogP) is 20.4. The molecular weight excluding hydrogens is 1130 g/mol. The van der Waals surface area contributed by atoms with E-state index in [1.54, 1.807) is 6.08 Å². The molecule has 6 N–H and O–H groups in total. The molecule has 0 radical (unpaired) electrons. The number of nitrogens with one attached hydrogen (secondary N) is 1. The number of carbonyl (C=O) groups is 2. The van der Waals surface area contributed by atoms with Crippen LogP contribution in [-0.2, 0) is 23.8 Å². The van der Waals surface area contributed by atoms with Crippen LogP contribution in [0.15, 0.2) is 85.1 Å². The number of aliphatic hydroxyl groups is 5. The van der Waals surface area contributed by atoms with Gasteiger partial charge in [-0.2, -0.15) is 0 Å². The third-order valence-electron chi connectivity index (χ3n) is 17.8. The summed E-state index contributed by atoms with van der Waals surface area (Å²) in [4.78, 5) is 26.8. The highest BCUT2D eigenvalue weighted by Crippen LogP contribution is 2.26. The largest absolute Gasteiger partial charge is 0.454 e. The van der Waals surface area contributed by atoms with Crippen LogP contribution in [0.1, 0.15) is 348 Å². The minimum Gasteiger partial charge on any atom is -0.454 e. The van der Waals surface area contributed by atoms with Gasteiger partial charge in [0, 0.05) is 6.42 Å². The number of aliphatic hydroxyl groups excluding tert-OH is 5. The Hall–Kier alpha value is -3.16. The zero-order valence-electron chi connectivity index (χ0n) is 59.0. The zero-order valence-corrected chi connectivity index (χ0v) is 59.0. The van der Waals surface area contributed by atoms with Crippen molar-refractivity contribution in [3.8, 4) is 0 Å².